The van der Waals surface area contributed by atoms with Gasteiger partial charge in [-0.2, -0.15) is 0 Å². The molecule has 2 heterocycles. The molecule has 5 heteroatoms. The van der Waals surface area contributed by atoms with E-state index < -0.39 is 0 Å². The molecule has 0 aliphatic carbocycles. The van der Waals surface area contributed by atoms with Crippen LogP contribution in [0.5, 0.6) is 5.75 Å². The maximum atomic E-state index is 12.4. The van der Waals surface area contributed by atoms with Crippen LogP contribution in [0.25, 0.3) is 0 Å². The van der Waals surface area contributed by atoms with E-state index in [0.29, 0.717) is 12.3 Å². The molecule has 2 aromatic rings. The monoisotopic (exact) mass is 365 g/mol. The van der Waals surface area contributed by atoms with E-state index in [9.17, 15) is 4.79 Å². The molecule has 1 amide bonds. The summed E-state index contributed by atoms with van der Waals surface area (Å²) < 4.78 is 5.73. The zero-order valence-electron chi connectivity index (χ0n) is 15.7. The minimum absolute atomic E-state index is 0.0802. The number of aromatic nitrogens is 1. The number of hydrogen-bond acceptors (Lipinski definition) is 3. The van der Waals surface area contributed by atoms with Gasteiger partial charge in [0.05, 0.1) is 0 Å². The largest absolute Gasteiger partial charge is 0.489 e. The van der Waals surface area contributed by atoms with Crippen LogP contribution in [0.15, 0.2) is 61.8 Å². The van der Waals surface area contributed by atoms with E-state index in [1.54, 1.807) is 12.3 Å². The van der Waals surface area contributed by atoms with Crippen LogP contribution in [0.4, 0.5) is 0 Å². The number of amides is 1. The Morgan fingerprint density at radius 3 is 2.63 bits per heavy atom. The first-order chi connectivity index (χ1) is 13.2. The highest BCUT2D eigenvalue weighted by atomic mass is 16.5. The topological polar surface area (TPSA) is 48.6 Å². The van der Waals surface area contributed by atoms with Crippen molar-refractivity contribution in [1.82, 2.24) is 14.8 Å². The van der Waals surface area contributed by atoms with E-state index in [0.717, 1.165) is 50.5 Å². The summed E-state index contributed by atoms with van der Waals surface area (Å²) in [5, 5.41) is 0. The van der Waals surface area contributed by atoms with Gasteiger partial charge in [0.1, 0.15) is 18.1 Å². The van der Waals surface area contributed by atoms with Gasteiger partial charge in [0.2, 0.25) is 0 Å². The molecular weight excluding hydrogens is 338 g/mol. The first-order valence-corrected chi connectivity index (χ1v) is 9.32. The number of rotatable bonds is 8. The maximum absolute atomic E-state index is 12.4. The molecule has 1 aromatic carbocycles. The number of hydrogen-bond donors (Lipinski definition) is 1. The molecule has 0 bridgehead atoms. The Kier molecular flexibility index (Phi) is 6.49. The van der Waals surface area contributed by atoms with Crippen molar-refractivity contribution in [3.63, 3.8) is 0 Å². The zero-order chi connectivity index (χ0) is 19.1. The Hall–Kier alpha value is -2.79. The van der Waals surface area contributed by atoms with Crippen molar-refractivity contribution in [3.8, 4) is 5.75 Å². The van der Waals surface area contributed by atoms with Gasteiger partial charge >= 0.3 is 0 Å². The second-order valence-electron chi connectivity index (χ2n) is 6.69. The average Bonchev–Trinajstić information content (AvgIpc) is 3.22. The van der Waals surface area contributed by atoms with E-state index in [-0.39, 0.29) is 5.91 Å². The third-order valence-electron chi connectivity index (χ3n) is 4.74. The van der Waals surface area contributed by atoms with Crippen molar-refractivity contribution in [2.45, 2.75) is 13.0 Å². The van der Waals surface area contributed by atoms with Crippen molar-refractivity contribution in [3.05, 3.63) is 78.7 Å². The lowest BCUT2D eigenvalue weighted by Gasteiger charge is -2.34. The van der Waals surface area contributed by atoms with Crippen LogP contribution in [0.2, 0.25) is 0 Å². The number of carbonyl (C=O) groups is 1. The standard InChI is InChI=1S/C22H27N3O2/c1-3-6-19-16-18(8-9-21(19)27-15-4-2)17-24-11-13-25(14-12-24)22(26)20-7-5-10-23-20/h3-5,7-10,16,23H,1-2,6,11-15,17H2. The average molecular weight is 365 g/mol. The summed E-state index contributed by atoms with van der Waals surface area (Å²) >= 11 is 0. The molecule has 27 heavy (non-hydrogen) atoms. The molecule has 1 saturated heterocycles. The highest BCUT2D eigenvalue weighted by Crippen LogP contribution is 2.22. The minimum Gasteiger partial charge on any atom is -0.489 e. The van der Waals surface area contributed by atoms with Crippen LogP contribution >= 0.6 is 0 Å². The van der Waals surface area contributed by atoms with Gasteiger partial charge in [-0.15, -0.1) is 6.58 Å². The lowest BCUT2D eigenvalue weighted by atomic mass is 10.1. The van der Waals surface area contributed by atoms with Gasteiger partial charge in [-0.05, 0) is 35.7 Å². The van der Waals surface area contributed by atoms with Gasteiger partial charge in [-0.25, -0.2) is 0 Å². The molecule has 1 N–H and O–H groups in total. The number of nitrogens with zero attached hydrogens (tertiary/aromatic N) is 2. The molecule has 5 nitrogen and oxygen atoms in total. The zero-order valence-corrected chi connectivity index (χ0v) is 15.7. The smallest absolute Gasteiger partial charge is 0.270 e. The molecule has 1 aliphatic rings. The lowest BCUT2D eigenvalue weighted by Crippen LogP contribution is -2.48. The lowest BCUT2D eigenvalue weighted by molar-refractivity contribution is 0.0623. The number of ether oxygens (including phenoxy) is 1. The Morgan fingerprint density at radius 2 is 1.96 bits per heavy atom. The molecule has 1 aliphatic heterocycles. The van der Waals surface area contributed by atoms with Crippen LogP contribution in [0.1, 0.15) is 21.6 Å². The summed E-state index contributed by atoms with van der Waals surface area (Å²) in [5.74, 6) is 0.969. The van der Waals surface area contributed by atoms with Crippen molar-refractivity contribution < 1.29 is 9.53 Å². The summed E-state index contributed by atoms with van der Waals surface area (Å²) in [6, 6.07) is 10.0. The highest BCUT2D eigenvalue weighted by molar-refractivity contribution is 5.92. The van der Waals surface area contributed by atoms with Crippen LogP contribution in [0.3, 0.4) is 0 Å². The van der Waals surface area contributed by atoms with Crippen molar-refractivity contribution in [1.29, 1.82) is 0 Å². The minimum atomic E-state index is 0.0802. The molecule has 0 atom stereocenters. The molecule has 0 radical (unpaired) electrons. The summed E-state index contributed by atoms with van der Waals surface area (Å²) in [5.41, 5.74) is 3.06. The Bertz CT molecular complexity index is 775. The van der Waals surface area contributed by atoms with Gasteiger partial charge in [0, 0.05) is 38.9 Å². The number of nitrogens with one attached hydrogen (secondary N) is 1. The molecule has 3 rings (SSSR count). The summed E-state index contributed by atoms with van der Waals surface area (Å²) in [6.07, 6.45) is 6.20. The van der Waals surface area contributed by atoms with Gasteiger partial charge in [-0.1, -0.05) is 30.9 Å². The fraction of sp³-hybridized carbons (Fsp3) is 0.318. The number of allylic oxidation sites excluding steroid dienone is 1. The fourth-order valence-corrected chi connectivity index (χ4v) is 3.34. The predicted molar refractivity (Wildman–Crippen MR) is 108 cm³/mol. The number of carbonyl (C=O) groups excluding carboxylic acids is 1. The maximum Gasteiger partial charge on any atom is 0.270 e. The number of aromatic amines is 1. The third-order valence-corrected chi connectivity index (χ3v) is 4.74. The van der Waals surface area contributed by atoms with Crippen LogP contribution in [-0.2, 0) is 13.0 Å². The van der Waals surface area contributed by atoms with Crippen LogP contribution in [0, 0.1) is 0 Å². The first kappa shape index (κ1) is 19.0. The first-order valence-electron chi connectivity index (χ1n) is 9.32. The highest BCUT2D eigenvalue weighted by Gasteiger charge is 2.22. The van der Waals surface area contributed by atoms with Crippen molar-refractivity contribution >= 4 is 5.91 Å². The summed E-state index contributed by atoms with van der Waals surface area (Å²) in [6.45, 7) is 12.2. The van der Waals surface area contributed by atoms with Gasteiger partial charge < -0.3 is 14.6 Å². The number of benzene rings is 1. The molecule has 1 aromatic heterocycles. The molecule has 0 saturated carbocycles. The summed E-state index contributed by atoms with van der Waals surface area (Å²) in [4.78, 5) is 19.7. The summed E-state index contributed by atoms with van der Waals surface area (Å²) in [7, 11) is 0. The second-order valence-corrected chi connectivity index (χ2v) is 6.69. The van der Waals surface area contributed by atoms with E-state index in [4.69, 9.17) is 4.74 Å². The Labute approximate surface area is 160 Å². The molecular formula is C22H27N3O2. The van der Waals surface area contributed by atoms with E-state index in [1.165, 1.54) is 5.56 Å². The van der Waals surface area contributed by atoms with Gasteiger partial charge in [-0.3, -0.25) is 9.69 Å². The van der Waals surface area contributed by atoms with Crippen molar-refractivity contribution in [2.75, 3.05) is 32.8 Å². The molecule has 142 valence electrons. The van der Waals surface area contributed by atoms with E-state index >= 15 is 0 Å². The normalized spacial score (nSPS) is 14.7. The number of piperazine rings is 1. The van der Waals surface area contributed by atoms with E-state index in [1.807, 2.05) is 29.2 Å². The molecule has 1 fully saturated rings. The van der Waals surface area contributed by atoms with Gasteiger partial charge in [0.15, 0.2) is 0 Å². The van der Waals surface area contributed by atoms with Crippen LogP contribution in [-0.4, -0.2) is 53.5 Å². The number of H-pyrrole nitrogens is 1. The van der Waals surface area contributed by atoms with Crippen LogP contribution < -0.4 is 4.74 Å². The van der Waals surface area contributed by atoms with E-state index in [2.05, 4.69) is 35.2 Å². The molecule has 0 spiro atoms. The quantitative estimate of drug-likeness (QED) is 0.731. The van der Waals surface area contributed by atoms with Crippen molar-refractivity contribution in [2.24, 2.45) is 0 Å². The predicted octanol–water partition coefficient (Wildman–Crippen LogP) is 3.27. The van der Waals surface area contributed by atoms with Gasteiger partial charge in [0.25, 0.3) is 5.91 Å². The Balaban J connectivity index is 1.58. The molecule has 0 unspecified atom stereocenters. The Morgan fingerprint density at radius 1 is 1.15 bits per heavy atom. The SMILES string of the molecule is C=CCOc1ccc(CN2CCN(C(=O)c3ccc[nH]3)CC2)cc1CC=C. The third kappa shape index (κ3) is 4.89. The fourth-order valence-electron chi connectivity index (χ4n) is 3.34. The second kappa shape index (κ2) is 9.24.